The number of benzene rings is 4. The molecular formula is C34H33BrClN3O4. The third-order valence-electron chi connectivity index (χ3n) is 7.50. The zero-order valence-electron chi connectivity index (χ0n) is 23.8. The Hall–Kier alpha value is -3.85. The first-order valence-corrected chi connectivity index (χ1v) is 15.4. The summed E-state index contributed by atoms with van der Waals surface area (Å²) in [7, 11) is 1.45. The van der Waals surface area contributed by atoms with Crippen LogP contribution in [0.15, 0.2) is 95.5 Å². The zero-order valence-corrected chi connectivity index (χ0v) is 26.1. The molecule has 2 N–H and O–H groups in total. The third-order valence-corrected chi connectivity index (χ3v) is 8.38. The van der Waals surface area contributed by atoms with Gasteiger partial charge in [0.05, 0.1) is 30.6 Å². The van der Waals surface area contributed by atoms with Crippen molar-refractivity contribution in [3.8, 4) is 5.75 Å². The molecule has 1 saturated heterocycles. The molecule has 1 amide bonds. The number of hydrazine groups is 1. The molecule has 5 rings (SSSR count). The second-order valence-corrected chi connectivity index (χ2v) is 11.7. The van der Waals surface area contributed by atoms with E-state index in [0.29, 0.717) is 11.1 Å². The summed E-state index contributed by atoms with van der Waals surface area (Å²) in [5, 5.41) is 12.8. The van der Waals surface area contributed by atoms with Gasteiger partial charge in [-0.2, -0.15) is 0 Å². The van der Waals surface area contributed by atoms with Crippen LogP contribution in [-0.2, 0) is 11.2 Å². The van der Waals surface area contributed by atoms with Crippen LogP contribution in [-0.4, -0.2) is 37.0 Å². The summed E-state index contributed by atoms with van der Waals surface area (Å²) in [6, 6.07) is 27.1. The predicted molar refractivity (Wildman–Crippen MR) is 175 cm³/mol. The van der Waals surface area contributed by atoms with Crippen LogP contribution in [0.3, 0.4) is 0 Å². The standard InChI is InChI=1S/C34H33BrClN3O4/c1-43-31-20-24(28(36)22-27(31)34(42)33(41)23-10-4-2-5-11-23)21-32(40)39(37-26-16-14-25(35)15-17-26)30-13-7-6-12-29(30)38-18-8-3-9-19-38/h2,4-7,10-17,20,22,34,37,42H,3,8-9,18-19,21H2,1H3. The topological polar surface area (TPSA) is 82.1 Å². The normalized spacial score (nSPS) is 13.7. The van der Waals surface area contributed by atoms with Crippen LogP contribution in [0.5, 0.6) is 5.75 Å². The molecule has 9 heteroatoms. The van der Waals surface area contributed by atoms with E-state index >= 15 is 0 Å². The van der Waals surface area contributed by atoms with Crippen LogP contribution >= 0.6 is 27.5 Å². The van der Waals surface area contributed by atoms with Gasteiger partial charge in [0.1, 0.15) is 11.9 Å². The van der Waals surface area contributed by atoms with Gasteiger partial charge in [-0.3, -0.25) is 15.0 Å². The number of carbonyl (C=O) groups excluding carboxylic acids is 2. The molecule has 0 radical (unpaired) electrons. The number of methoxy groups -OCH3 is 1. The molecule has 222 valence electrons. The Kier molecular flexibility index (Phi) is 10.0. The lowest BCUT2D eigenvalue weighted by Gasteiger charge is -2.34. The Balaban J connectivity index is 1.47. The zero-order chi connectivity index (χ0) is 30.3. The molecule has 1 unspecified atom stereocenters. The van der Waals surface area contributed by atoms with Gasteiger partial charge in [-0.1, -0.05) is 70.0 Å². The maximum Gasteiger partial charge on any atom is 0.250 e. The Labute approximate surface area is 265 Å². The van der Waals surface area contributed by atoms with Gasteiger partial charge >= 0.3 is 0 Å². The molecule has 0 aromatic heterocycles. The van der Waals surface area contributed by atoms with Crippen LogP contribution in [0.2, 0.25) is 5.02 Å². The van der Waals surface area contributed by atoms with Crippen molar-refractivity contribution in [3.63, 3.8) is 0 Å². The first-order valence-electron chi connectivity index (χ1n) is 14.2. The molecule has 0 aliphatic carbocycles. The number of ketones is 1. The first-order chi connectivity index (χ1) is 20.9. The van der Waals surface area contributed by atoms with Crippen molar-refractivity contribution in [1.82, 2.24) is 0 Å². The van der Waals surface area contributed by atoms with Gasteiger partial charge in [-0.15, -0.1) is 0 Å². The van der Waals surface area contributed by atoms with Crippen LogP contribution in [0.25, 0.3) is 0 Å². The Morgan fingerprint density at radius 1 is 0.977 bits per heavy atom. The fourth-order valence-electron chi connectivity index (χ4n) is 5.25. The van der Waals surface area contributed by atoms with Crippen molar-refractivity contribution in [2.24, 2.45) is 0 Å². The molecule has 0 spiro atoms. The maximum atomic E-state index is 14.1. The van der Waals surface area contributed by atoms with Gasteiger partial charge in [0.2, 0.25) is 5.91 Å². The second-order valence-electron chi connectivity index (χ2n) is 10.4. The summed E-state index contributed by atoms with van der Waals surface area (Å²) in [6.07, 6.45) is 1.86. The molecule has 43 heavy (non-hydrogen) atoms. The van der Waals surface area contributed by atoms with Crippen molar-refractivity contribution >= 4 is 56.3 Å². The lowest BCUT2D eigenvalue weighted by atomic mass is 9.97. The first kappa shape index (κ1) is 30.6. The van der Waals surface area contributed by atoms with Gasteiger partial charge in [-0.25, -0.2) is 5.01 Å². The minimum absolute atomic E-state index is 0.0595. The number of Topliss-reactive ketones (excluding diaryl/α,β-unsaturated/α-hetero) is 1. The van der Waals surface area contributed by atoms with Gasteiger partial charge in [0, 0.05) is 33.7 Å². The number of halogens is 2. The fraction of sp³-hybridized carbons (Fsp3) is 0.235. The number of aliphatic hydroxyl groups excluding tert-OH is 1. The number of para-hydroxylation sites is 2. The average Bonchev–Trinajstić information content (AvgIpc) is 3.05. The van der Waals surface area contributed by atoms with Crippen molar-refractivity contribution in [2.75, 3.05) is 35.5 Å². The monoisotopic (exact) mass is 661 g/mol. The number of hydrogen-bond donors (Lipinski definition) is 2. The molecule has 4 aromatic rings. The highest BCUT2D eigenvalue weighted by molar-refractivity contribution is 9.10. The third kappa shape index (κ3) is 7.21. The van der Waals surface area contributed by atoms with E-state index in [1.54, 1.807) is 41.4 Å². The highest BCUT2D eigenvalue weighted by atomic mass is 79.9. The molecule has 1 heterocycles. The van der Waals surface area contributed by atoms with Crippen molar-refractivity contribution in [1.29, 1.82) is 0 Å². The Morgan fingerprint density at radius 2 is 1.65 bits per heavy atom. The van der Waals surface area contributed by atoms with Gasteiger partial charge in [-0.05, 0) is 73.4 Å². The number of amides is 1. The summed E-state index contributed by atoms with van der Waals surface area (Å²) in [6.45, 7) is 1.84. The molecule has 1 aliphatic heterocycles. The number of ether oxygens (including phenoxy) is 1. The SMILES string of the molecule is COc1cc(CC(=O)N(Nc2ccc(Br)cc2)c2ccccc2N2CCCCC2)c(Cl)cc1C(O)C(=O)c1ccccc1. The Bertz CT molecular complexity index is 1580. The van der Waals surface area contributed by atoms with E-state index in [1.165, 1.54) is 19.6 Å². The minimum atomic E-state index is -1.48. The van der Waals surface area contributed by atoms with Gasteiger partial charge in [0.15, 0.2) is 5.78 Å². The summed E-state index contributed by atoms with van der Waals surface area (Å²) in [5.41, 5.74) is 6.87. The van der Waals surface area contributed by atoms with E-state index in [4.69, 9.17) is 16.3 Å². The summed E-state index contributed by atoms with van der Waals surface area (Å²) in [5.74, 6) is -0.451. The summed E-state index contributed by atoms with van der Waals surface area (Å²) >= 11 is 10.2. The fourth-order valence-corrected chi connectivity index (χ4v) is 5.75. The molecular weight excluding hydrogens is 630 g/mol. The highest BCUT2D eigenvalue weighted by Gasteiger charge is 2.27. The molecule has 0 bridgehead atoms. The number of nitrogens with zero attached hydrogens (tertiary/aromatic N) is 2. The quantitative estimate of drug-likeness (QED) is 0.134. The lowest BCUT2D eigenvalue weighted by molar-refractivity contribution is -0.117. The Morgan fingerprint density at radius 3 is 2.35 bits per heavy atom. The maximum absolute atomic E-state index is 14.1. The van der Waals surface area contributed by atoms with E-state index in [2.05, 4.69) is 26.3 Å². The molecule has 7 nitrogen and oxygen atoms in total. The number of hydrogen-bond acceptors (Lipinski definition) is 6. The molecule has 0 saturated carbocycles. The smallest absolute Gasteiger partial charge is 0.250 e. The lowest BCUT2D eigenvalue weighted by Crippen LogP contribution is -2.39. The molecule has 1 fully saturated rings. The predicted octanol–water partition coefficient (Wildman–Crippen LogP) is 7.62. The minimum Gasteiger partial charge on any atom is -0.496 e. The highest BCUT2D eigenvalue weighted by Crippen LogP contribution is 2.36. The van der Waals surface area contributed by atoms with Crippen LogP contribution in [0.1, 0.15) is 46.9 Å². The number of anilines is 3. The van der Waals surface area contributed by atoms with Crippen LogP contribution < -0.4 is 20.1 Å². The van der Waals surface area contributed by atoms with Crippen molar-refractivity contribution in [2.45, 2.75) is 31.8 Å². The number of piperidine rings is 1. The largest absolute Gasteiger partial charge is 0.496 e. The van der Waals surface area contributed by atoms with E-state index < -0.39 is 11.9 Å². The summed E-state index contributed by atoms with van der Waals surface area (Å²) in [4.78, 5) is 29.4. The number of nitrogens with one attached hydrogen (secondary N) is 1. The second kappa shape index (κ2) is 14.1. The van der Waals surface area contributed by atoms with Gasteiger partial charge in [0.25, 0.3) is 0 Å². The average molecular weight is 663 g/mol. The van der Waals surface area contributed by atoms with Gasteiger partial charge < -0.3 is 14.7 Å². The van der Waals surface area contributed by atoms with Crippen molar-refractivity contribution in [3.05, 3.63) is 117 Å². The number of aliphatic hydroxyl groups is 1. The summed E-state index contributed by atoms with van der Waals surface area (Å²) < 4.78 is 6.49. The van der Waals surface area contributed by atoms with Crippen molar-refractivity contribution < 1.29 is 19.4 Å². The van der Waals surface area contributed by atoms with Crippen LogP contribution in [0, 0.1) is 0 Å². The number of rotatable bonds is 10. The number of carbonyl (C=O) groups is 2. The molecule has 1 aliphatic rings. The molecule has 4 aromatic carbocycles. The van der Waals surface area contributed by atoms with E-state index in [0.717, 1.165) is 47.5 Å². The van der Waals surface area contributed by atoms with E-state index in [9.17, 15) is 14.7 Å². The van der Waals surface area contributed by atoms with Crippen LogP contribution in [0.4, 0.5) is 17.1 Å². The van der Waals surface area contributed by atoms with E-state index in [1.807, 2.05) is 48.5 Å². The van der Waals surface area contributed by atoms with E-state index in [-0.39, 0.29) is 28.7 Å². The molecule has 1 atom stereocenters.